The van der Waals surface area contributed by atoms with Crippen molar-refractivity contribution in [2.24, 2.45) is 11.8 Å². The minimum atomic E-state index is -0.0239. The molecular weight excluding hydrogens is 228 g/mol. The molecule has 0 radical (unpaired) electrons. The topological polar surface area (TPSA) is 61.4 Å². The van der Waals surface area contributed by atoms with Crippen molar-refractivity contribution in [1.82, 2.24) is 10.6 Å². The van der Waals surface area contributed by atoms with E-state index >= 15 is 0 Å². The number of aliphatic hydroxyl groups is 1. The molecule has 2 aliphatic carbocycles. The lowest BCUT2D eigenvalue weighted by atomic mass is 9.80. The van der Waals surface area contributed by atoms with Crippen molar-refractivity contribution in [3.8, 4) is 0 Å². The second-order valence-corrected chi connectivity index (χ2v) is 5.82. The van der Waals surface area contributed by atoms with Crippen LogP contribution in [0.3, 0.4) is 0 Å². The van der Waals surface area contributed by atoms with E-state index in [1.807, 2.05) is 0 Å². The summed E-state index contributed by atoms with van der Waals surface area (Å²) in [5.74, 6) is 0.837. The Hall–Kier alpha value is -0.770. The van der Waals surface area contributed by atoms with E-state index in [1.54, 1.807) is 0 Å². The molecular formula is C14H26N2O2. The van der Waals surface area contributed by atoms with Gasteiger partial charge >= 0.3 is 6.03 Å². The Labute approximate surface area is 110 Å². The van der Waals surface area contributed by atoms with Crippen LogP contribution in [0.15, 0.2) is 0 Å². The van der Waals surface area contributed by atoms with Gasteiger partial charge in [0.2, 0.25) is 0 Å². The van der Waals surface area contributed by atoms with Gasteiger partial charge in [0.05, 0.1) is 0 Å². The molecule has 0 aromatic rings. The summed E-state index contributed by atoms with van der Waals surface area (Å²) in [4.78, 5) is 11.8. The summed E-state index contributed by atoms with van der Waals surface area (Å²) in [6.45, 7) is 0.973. The normalized spacial score (nSPS) is 29.2. The predicted molar refractivity (Wildman–Crippen MR) is 71.3 cm³/mol. The van der Waals surface area contributed by atoms with Crippen LogP contribution < -0.4 is 10.6 Å². The Kier molecular flexibility index (Phi) is 5.29. The highest BCUT2D eigenvalue weighted by Crippen LogP contribution is 2.29. The molecule has 2 atom stereocenters. The number of carbonyl (C=O) groups excluding carboxylic acids is 1. The van der Waals surface area contributed by atoms with Crippen molar-refractivity contribution >= 4 is 6.03 Å². The Morgan fingerprint density at radius 1 is 1.00 bits per heavy atom. The zero-order valence-electron chi connectivity index (χ0n) is 11.2. The molecule has 4 nitrogen and oxygen atoms in total. The van der Waals surface area contributed by atoms with Gasteiger partial charge in [-0.25, -0.2) is 4.79 Å². The summed E-state index contributed by atoms with van der Waals surface area (Å²) in [6, 6.07) is 0.356. The zero-order valence-corrected chi connectivity index (χ0v) is 11.2. The highest BCUT2D eigenvalue weighted by Gasteiger charge is 2.25. The highest BCUT2D eigenvalue weighted by molar-refractivity contribution is 5.74. The van der Waals surface area contributed by atoms with Crippen molar-refractivity contribution in [2.75, 3.05) is 13.2 Å². The van der Waals surface area contributed by atoms with Crippen LogP contribution in [-0.2, 0) is 0 Å². The van der Waals surface area contributed by atoms with Gasteiger partial charge in [-0.2, -0.15) is 0 Å². The predicted octanol–water partition coefficient (Wildman–Crippen LogP) is 2.03. The van der Waals surface area contributed by atoms with Gasteiger partial charge in [0.1, 0.15) is 0 Å². The van der Waals surface area contributed by atoms with E-state index in [0.29, 0.717) is 24.4 Å². The standard InChI is InChI=1S/C14H26N2O2/c17-10-12-6-2-1-5-11(12)9-15-14(18)16-13-7-3-4-8-13/h11-13,17H,1-10H2,(H2,15,16,18). The van der Waals surface area contributed by atoms with Gasteiger partial charge in [0.15, 0.2) is 0 Å². The van der Waals surface area contributed by atoms with E-state index < -0.39 is 0 Å². The van der Waals surface area contributed by atoms with Gasteiger partial charge in [-0.15, -0.1) is 0 Å². The Bertz CT molecular complexity index is 265. The fourth-order valence-corrected chi connectivity index (χ4v) is 3.32. The first kappa shape index (κ1) is 13.7. The number of carbonyl (C=O) groups is 1. The number of amides is 2. The third kappa shape index (κ3) is 3.87. The molecule has 104 valence electrons. The second-order valence-electron chi connectivity index (χ2n) is 5.82. The van der Waals surface area contributed by atoms with Gasteiger partial charge in [0.25, 0.3) is 0 Å². The molecule has 2 unspecified atom stereocenters. The first-order valence-corrected chi connectivity index (χ1v) is 7.45. The molecule has 2 fully saturated rings. The lowest BCUT2D eigenvalue weighted by molar-refractivity contribution is 0.133. The van der Waals surface area contributed by atoms with E-state index in [0.717, 1.165) is 25.7 Å². The molecule has 0 aliphatic heterocycles. The van der Waals surface area contributed by atoms with Crippen LogP contribution in [0.4, 0.5) is 4.79 Å². The third-order valence-corrected chi connectivity index (χ3v) is 4.52. The van der Waals surface area contributed by atoms with Crippen molar-refractivity contribution in [1.29, 1.82) is 0 Å². The number of aliphatic hydroxyl groups excluding tert-OH is 1. The van der Waals surface area contributed by atoms with E-state index in [4.69, 9.17) is 0 Å². The maximum Gasteiger partial charge on any atom is 0.315 e. The molecule has 2 amide bonds. The summed E-state index contributed by atoms with van der Waals surface area (Å²) >= 11 is 0. The number of rotatable bonds is 4. The molecule has 0 saturated heterocycles. The Morgan fingerprint density at radius 3 is 2.28 bits per heavy atom. The van der Waals surface area contributed by atoms with Crippen LogP contribution in [0.25, 0.3) is 0 Å². The third-order valence-electron chi connectivity index (χ3n) is 4.52. The van der Waals surface area contributed by atoms with Crippen molar-refractivity contribution in [3.63, 3.8) is 0 Å². The van der Waals surface area contributed by atoms with Gasteiger partial charge in [-0.1, -0.05) is 25.7 Å². The molecule has 18 heavy (non-hydrogen) atoms. The van der Waals surface area contributed by atoms with Crippen LogP contribution in [0.2, 0.25) is 0 Å². The van der Waals surface area contributed by atoms with Crippen LogP contribution in [0, 0.1) is 11.8 Å². The fraction of sp³-hybridized carbons (Fsp3) is 0.929. The largest absolute Gasteiger partial charge is 0.396 e. The van der Waals surface area contributed by atoms with Crippen molar-refractivity contribution in [3.05, 3.63) is 0 Å². The lowest BCUT2D eigenvalue weighted by Crippen LogP contribution is -2.44. The number of nitrogens with one attached hydrogen (secondary N) is 2. The summed E-state index contributed by atoms with van der Waals surface area (Å²) in [5, 5.41) is 15.3. The van der Waals surface area contributed by atoms with Crippen LogP contribution in [0.1, 0.15) is 51.4 Å². The van der Waals surface area contributed by atoms with Crippen molar-refractivity contribution < 1.29 is 9.90 Å². The van der Waals surface area contributed by atoms with Gasteiger partial charge in [-0.3, -0.25) is 0 Å². The quantitative estimate of drug-likeness (QED) is 0.719. The van der Waals surface area contributed by atoms with Crippen molar-refractivity contribution in [2.45, 2.75) is 57.4 Å². The minimum absolute atomic E-state index is 0.0239. The van der Waals surface area contributed by atoms with E-state index in [2.05, 4.69) is 10.6 Å². The average Bonchev–Trinajstić information content (AvgIpc) is 2.89. The molecule has 0 bridgehead atoms. The molecule has 0 aromatic carbocycles. The molecule has 3 N–H and O–H groups in total. The monoisotopic (exact) mass is 254 g/mol. The molecule has 0 aromatic heterocycles. The summed E-state index contributed by atoms with van der Waals surface area (Å²) in [5.41, 5.74) is 0. The number of urea groups is 1. The Morgan fingerprint density at radius 2 is 1.61 bits per heavy atom. The van der Waals surface area contributed by atoms with Gasteiger partial charge < -0.3 is 15.7 Å². The molecule has 4 heteroatoms. The summed E-state index contributed by atoms with van der Waals surface area (Å²) in [7, 11) is 0. The molecule has 0 heterocycles. The first-order valence-electron chi connectivity index (χ1n) is 7.45. The van der Waals surface area contributed by atoms with E-state index in [1.165, 1.54) is 25.7 Å². The summed E-state index contributed by atoms with van der Waals surface area (Å²) in [6.07, 6.45) is 9.40. The molecule has 2 aliphatic rings. The van der Waals surface area contributed by atoms with Crippen LogP contribution in [-0.4, -0.2) is 30.3 Å². The Balaban J connectivity index is 1.67. The molecule has 2 rings (SSSR count). The van der Waals surface area contributed by atoms with Crippen LogP contribution in [0.5, 0.6) is 0 Å². The average molecular weight is 254 g/mol. The molecule has 0 spiro atoms. The lowest BCUT2D eigenvalue weighted by Gasteiger charge is -2.30. The maximum atomic E-state index is 11.8. The maximum absolute atomic E-state index is 11.8. The van der Waals surface area contributed by atoms with Gasteiger partial charge in [0, 0.05) is 19.2 Å². The molecule has 2 saturated carbocycles. The SMILES string of the molecule is O=C(NCC1CCCCC1CO)NC1CCCC1. The fourth-order valence-electron chi connectivity index (χ4n) is 3.32. The second kappa shape index (κ2) is 6.98. The van der Waals surface area contributed by atoms with Gasteiger partial charge in [-0.05, 0) is 37.5 Å². The number of hydrogen-bond donors (Lipinski definition) is 3. The smallest absolute Gasteiger partial charge is 0.315 e. The number of hydrogen-bond acceptors (Lipinski definition) is 2. The zero-order chi connectivity index (χ0) is 12.8. The van der Waals surface area contributed by atoms with Crippen LogP contribution >= 0.6 is 0 Å². The first-order chi connectivity index (χ1) is 8.79. The van der Waals surface area contributed by atoms with E-state index in [-0.39, 0.29) is 12.6 Å². The minimum Gasteiger partial charge on any atom is -0.396 e. The highest BCUT2D eigenvalue weighted by atomic mass is 16.3. The summed E-state index contributed by atoms with van der Waals surface area (Å²) < 4.78 is 0. The van der Waals surface area contributed by atoms with E-state index in [9.17, 15) is 9.90 Å².